The van der Waals surface area contributed by atoms with Gasteiger partial charge in [-0.2, -0.15) is 0 Å². The zero-order chi connectivity index (χ0) is 14.9. The number of aryl methyl sites for hydroxylation is 3. The fourth-order valence-corrected chi connectivity index (χ4v) is 3.57. The third-order valence-electron chi connectivity index (χ3n) is 3.89. The molecule has 0 aliphatic carbocycles. The van der Waals surface area contributed by atoms with Crippen molar-refractivity contribution >= 4 is 19.4 Å². The van der Waals surface area contributed by atoms with Gasteiger partial charge in [0, 0.05) is 5.56 Å². The molecule has 0 fully saturated rings. The van der Waals surface area contributed by atoms with Crippen molar-refractivity contribution in [2.45, 2.75) is 34.6 Å². The van der Waals surface area contributed by atoms with Crippen LogP contribution < -0.4 is 5.30 Å². The second-order valence-corrected chi connectivity index (χ2v) is 6.74. The highest BCUT2D eigenvalue weighted by atomic mass is 31.1. The molecule has 0 radical (unpaired) electrons. The zero-order valence-electron chi connectivity index (χ0n) is 12.8. The lowest BCUT2D eigenvalue weighted by atomic mass is 9.95. The van der Waals surface area contributed by atoms with Crippen LogP contribution in [-0.4, -0.2) is 5.52 Å². The van der Waals surface area contributed by atoms with Crippen LogP contribution >= 0.6 is 8.58 Å². The molecule has 20 heavy (non-hydrogen) atoms. The maximum absolute atomic E-state index is 12.6. The molecule has 2 aromatic carbocycles. The van der Waals surface area contributed by atoms with Gasteiger partial charge in [0.05, 0.1) is 0 Å². The summed E-state index contributed by atoms with van der Waals surface area (Å²) in [6.45, 7) is 10.3. The Morgan fingerprint density at radius 2 is 1.45 bits per heavy atom. The molecule has 1 atom stereocenters. The van der Waals surface area contributed by atoms with Crippen LogP contribution in [0.4, 0.5) is 0 Å². The Kier molecular flexibility index (Phi) is 4.40. The average Bonchev–Trinajstić information content (AvgIpc) is 2.39. The van der Waals surface area contributed by atoms with Gasteiger partial charge in [-0.25, -0.2) is 0 Å². The summed E-state index contributed by atoms with van der Waals surface area (Å²) >= 11 is 0. The van der Waals surface area contributed by atoms with E-state index in [1.165, 1.54) is 16.7 Å². The standard InChI is InChI=1S/C18H21OP/c1-11-6-8-16(9-7-11)20-18(19)17-13(3)10-12(2)14(4)15(17)5/h6-10,20H,1-5H3. The molecule has 0 spiro atoms. The van der Waals surface area contributed by atoms with Crippen molar-refractivity contribution in [3.8, 4) is 0 Å². The molecule has 0 aromatic heterocycles. The van der Waals surface area contributed by atoms with Gasteiger partial charge in [-0.3, -0.25) is 4.79 Å². The molecule has 0 amide bonds. The van der Waals surface area contributed by atoms with Gasteiger partial charge in [-0.05, 0) is 70.8 Å². The van der Waals surface area contributed by atoms with Crippen LogP contribution in [0.2, 0.25) is 0 Å². The van der Waals surface area contributed by atoms with E-state index in [1.54, 1.807) is 0 Å². The molecular formula is C18H21OP. The SMILES string of the molecule is Cc1ccc(PC(=O)c2c(C)cc(C)c(C)c2C)cc1. The quantitative estimate of drug-likeness (QED) is 0.765. The first kappa shape index (κ1) is 14.9. The van der Waals surface area contributed by atoms with E-state index in [0.717, 1.165) is 22.0 Å². The number of benzene rings is 2. The lowest BCUT2D eigenvalue weighted by molar-refractivity contribution is 0.108. The molecule has 0 aliphatic heterocycles. The Bertz CT molecular complexity index is 654. The zero-order valence-corrected chi connectivity index (χ0v) is 13.8. The lowest BCUT2D eigenvalue weighted by Gasteiger charge is -2.14. The second-order valence-electron chi connectivity index (χ2n) is 5.46. The van der Waals surface area contributed by atoms with Crippen molar-refractivity contribution in [1.82, 2.24) is 0 Å². The van der Waals surface area contributed by atoms with Gasteiger partial charge in [-0.1, -0.05) is 35.9 Å². The van der Waals surface area contributed by atoms with E-state index in [1.807, 2.05) is 6.92 Å². The first-order valence-electron chi connectivity index (χ1n) is 6.85. The molecule has 0 heterocycles. The van der Waals surface area contributed by atoms with Crippen LogP contribution in [0.5, 0.6) is 0 Å². The summed E-state index contributed by atoms with van der Waals surface area (Å²) in [7, 11) is 0.199. The van der Waals surface area contributed by atoms with Crippen LogP contribution in [0.3, 0.4) is 0 Å². The first-order chi connectivity index (χ1) is 9.40. The van der Waals surface area contributed by atoms with Crippen molar-refractivity contribution < 1.29 is 4.79 Å². The van der Waals surface area contributed by atoms with E-state index >= 15 is 0 Å². The molecule has 2 rings (SSSR count). The maximum atomic E-state index is 12.6. The third kappa shape index (κ3) is 2.99. The Morgan fingerprint density at radius 3 is 2.05 bits per heavy atom. The minimum absolute atomic E-state index is 0.199. The topological polar surface area (TPSA) is 17.1 Å². The van der Waals surface area contributed by atoms with Crippen molar-refractivity contribution in [3.05, 3.63) is 63.7 Å². The summed E-state index contributed by atoms with van der Waals surface area (Å²) in [4.78, 5) is 12.6. The highest BCUT2D eigenvalue weighted by Gasteiger charge is 2.15. The van der Waals surface area contributed by atoms with Crippen LogP contribution in [0.15, 0.2) is 30.3 Å². The van der Waals surface area contributed by atoms with Gasteiger partial charge in [0.25, 0.3) is 0 Å². The predicted octanol–water partition coefficient (Wildman–Crippen LogP) is 4.37. The largest absolute Gasteiger partial charge is 0.289 e. The van der Waals surface area contributed by atoms with Crippen LogP contribution in [0.25, 0.3) is 0 Å². The summed E-state index contributed by atoms with van der Waals surface area (Å²) in [5.41, 5.74) is 7.09. The summed E-state index contributed by atoms with van der Waals surface area (Å²) in [5, 5.41) is 1.11. The average molecular weight is 284 g/mol. The van der Waals surface area contributed by atoms with Crippen molar-refractivity contribution in [2.24, 2.45) is 0 Å². The monoisotopic (exact) mass is 284 g/mol. The van der Waals surface area contributed by atoms with E-state index in [-0.39, 0.29) is 14.1 Å². The minimum Gasteiger partial charge on any atom is -0.289 e. The minimum atomic E-state index is 0.199. The normalized spacial score (nSPS) is 11.2. The Labute approximate surface area is 123 Å². The second kappa shape index (κ2) is 5.89. The summed E-state index contributed by atoms with van der Waals surface area (Å²) in [6.07, 6.45) is 0. The molecule has 2 heteroatoms. The number of rotatable bonds is 3. The van der Waals surface area contributed by atoms with Gasteiger partial charge in [-0.15, -0.1) is 0 Å². The van der Waals surface area contributed by atoms with Gasteiger partial charge >= 0.3 is 0 Å². The third-order valence-corrected chi connectivity index (χ3v) is 4.99. The van der Waals surface area contributed by atoms with E-state index in [4.69, 9.17) is 0 Å². The van der Waals surface area contributed by atoms with Gasteiger partial charge in [0.2, 0.25) is 0 Å². The molecule has 1 nitrogen and oxygen atoms in total. The molecule has 1 unspecified atom stereocenters. The molecule has 104 valence electrons. The van der Waals surface area contributed by atoms with Gasteiger partial charge in [0.15, 0.2) is 5.52 Å². The van der Waals surface area contributed by atoms with E-state index in [0.29, 0.717) is 0 Å². The molecule has 0 N–H and O–H groups in total. The highest BCUT2D eigenvalue weighted by Crippen LogP contribution is 2.27. The number of hydrogen-bond donors (Lipinski definition) is 0. The fraction of sp³-hybridized carbons (Fsp3) is 0.278. The van der Waals surface area contributed by atoms with E-state index in [9.17, 15) is 4.79 Å². The number of hydrogen-bond acceptors (Lipinski definition) is 1. The molecule has 0 saturated carbocycles. The van der Waals surface area contributed by atoms with E-state index in [2.05, 4.69) is 58.0 Å². The molecule has 0 bridgehead atoms. The predicted molar refractivity (Wildman–Crippen MR) is 88.8 cm³/mol. The fourth-order valence-electron chi connectivity index (χ4n) is 2.46. The Hall–Kier alpha value is -1.46. The molecule has 0 saturated heterocycles. The first-order valence-corrected chi connectivity index (χ1v) is 7.85. The number of carbonyl (C=O) groups is 1. The summed E-state index contributed by atoms with van der Waals surface area (Å²) in [6, 6.07) is 10.4. The summed E-state index contributed by atoms with van der Waals surface area (Å²) in [5.74, 6) is 0. The van der Waals surface area contributed by atoms with Crippen molar-refractivity contribution in [3.63, 3.8) is 0 Å². The summed E-state index contributed by atoms with van der Waals surface area (Å²) < 4.78 is 0. The van der Waals surface area contributed by atoms with E-state index < -0.39 is 0 Å². The molecular weight excluding hydrogens is 263 g/mol. The number of carbonyl (C=O) groups excluding carboxylic acids is 1. The van der Waals surface area contributed by atoms with Gasteiger partial charge in [0.1, 0.15) is 0 Å². The Balaban J connectivity index is 2.34. The maximum Gasteiger partial charge on any atom is 0.186 e. The van der Waals surface area contributed by atoms with Crippen LogP contribution in [0.1, 0.15) is 38.2 Å². The van der Waals surface area contributed by atoms with Crippen LogP contribution in [-0.2, 0) is 0 Å². The lowest BCUT2D eigenvalue weighted by Crippen LogP contribution is -2.06. The van der Waals surface area contributed by atoms with Crippen LogP contribution in [0, 0.1) is 34.6 Å². The smallest absolute Gasteiger partial charge is 0.186 e. The molecule has 0 aliphatic rings. The van der Waals surface area contributed by atoms with Crippen molar-refractivity contribution in [2.75, 3.05) is 0 Å². The molecule has 2 aromatic rings. The highest BCUT2D eigenvalue weighted by molar-refractivity contribution is 7.66. The van der Waals surface area contributed by atoms with Gasteiger partial charge < -0.3 is 0 Å². The Morgan fingerprint density at radius 1 is 0.850 bits per heavy atom. The van der Waals surface area contributed by atoms with Crippen molar-refractivity contribution in [1.29, 1.82) is 0 Å².